The predicted octanol–water partition coefficient (Wildman–Crippen LogP) is 7.87. The van der Waals surface area contributed by atoms with E-state index in [1.807, 2.05) is 73.7 Å². The molecule has 1 N–H and O–H groups in total. The van der Waals surface area contributed by atoms with Gasteiger partial charge in [-0.25, -0.2) is 14.5 Å². The second-order valence-electron chi connectivity index (χ2n) is 12.7. The van der Waals surface area contributed by atoms with Crippen LogP contribution in [0.4, 0.5) is 24.7 Å². The molecular weight excluding hydrogens is 653 g/mol. The maximum atomic E-state index is 14.0. The molecule has 0 bridgehead atoms. The molecule has 51 heavy (non-hydrogen) atoms. The average molecular weight is 695 g/mol. The summed E-state index contributed by atoms with van der Waals surface area (Å²) in [6.07, 6.45) is -1.29. The number of imidazole rings is 1. The molecule has 8 nitrogen and oxygen atoms in total. The van der Waals surface area contributed by atoms with Crippen LogP contribution in [0.15, 0.2) is 103 Å². The Morgan fingerprint density at radius 3 is 2.31 bits per heavy atom. The van der Waals surface area contributed by atoms with Gasteiger partial charge in [-0.15, -0.1) is 11.7 Å². The number of amides is 1. The molecule has 6 rings (SSSR count). The number of aliphatic imine (C=N–C) groups is 1. The number of carbonyl (C=O) groups excluding carboxylic acids is 1. The van der Waals surface area contributed by atoms with Crippen molar-refractivity contribution in [1.82, 2.24) is 19.9 Å². The zero-order valence-corrected chi connectivity index (χ0v) is 28.8. The van der Waals surface area contributed by atoms with Gasteiger partial charge in [0.15, 0.2) is 11.5 Å². The summed E-state index contributed by atoms with van der Waals surface area (Å²) >= 11 is 0. The fraction of sp³-hybridized carbons (Fsp3) is 0.300. The molecular formula is C40H41F3N6O2. The van der Waals surface area contributed by atoms with Crippen LogP contribution < -0.4 is 10.2 Å². The molecule has 1 atom stereocenters. The molecule has 264 valence electrons. The summed E-state index contributed by atoms with van der Waals surface area (Å²) in [4.78, 5) is 25.5. The smallest absolute Gasteiger partial charge is 0.378 e. The Labute approximate surface area is 295 Å². The summed E-state index contributed by atoms with van der Waals surface area (Å²) in [5.41, 5.74) is 4.48. The number of fused-ring (bicyclic) bond motifs is 1. The fourth-order valence-electron chi connectivity index (χ4n) is 6.24. The lowest BCUT2D eigenvalue weighted by atomic mass is 9.98. The average Bonchev–Trinajstić information content (AvgIpc) is 3.50. The highest BCUT2D eigenvalue weighted by atomic mass is 19.4. The van der Waals surface area contributed by atoms with Crippen molar-refractivity contribution in [3.8, 4) is 0 Å². The molecule has 5 aromatic rings. The Morgan fingerprint density at radius 2 is 1.69 bits per heavy atom. The number of aromatic nitrogens is 3. The summed E-state index contributed by atoms with van der Waals surface area (Å²) in [6, 6.07) is 25.8. The van der Waals surface area contributed by atoms with Gasteiger partial charge in [-0.2, -0.15) is 13.2 Å². The van der Waals surface area contributed by atoms with Gasteiger partial charge in [0, 0.05) is 42.6 Å². The summed E-state index contributed by atoms with van der Waals surface area (Å²) in [5, 5.41) is 8.06. The topological polar surface area (TPSA) is 84.1 Å². The van der Waals surface area contributed by atoms with Gasteiger partial charge in [0.1, 0.15) is 5.69 Å². The highest BCUT2D eigenvalue weighted by Crippen LogP contribution is 2.35. The summed E-state index contributed by atoms with van der Waals surface area (Å²) < 4.78 is 49.4. The first kappa shape index (κ1) is 35.5. The van der Waals surface area contributed by atoms with E-state index >= 15 is 0 Å². The van der Waals surface area contributed by atoms with Gasteiger partial charge < -0.3 is 15.0 Å². The van der Waals surface area contributed by atoms with Crippen molar-refractivity contribution in [1.29, 1.82) is 0 Å². The van der Waals surface area contributed by atoms with Gasteiger partial charge in [0.05, 0.1) is 42.4 Å². The number of carbonyl (C=O) groups is 1. The zero-order chi connectivity index (χ0) is 36.0. The van der Waals surface area contributed by atoms with Crippen LogP contribution in [0.1, 0.15) is 59.0 Å². The van der Waals surface area contributed by atoms with Crippen LogP contribution in [0.2, 0.25) is 0 Å². The SMILES string of the molecule is C=CCCC(C)C(=O)NCc1nc2c(N=C(c3ccccc3)c3ccccc3)cc(N3CCOCC3)nn2c1Cc1cccc(C(F)(F)F)c1C. The molecule has 0 radical (unpaired) electrons. The number of anilines is 1. The molecule has 0 saturated carbocycles. The standard InChI is InChI=1S/C40H41F3N6O2/c1-4-5-13-27(2)39(50)44-26-34-35(24-31-18-12-19-32(28(31)3)40(41,42)43)49-38(46-34)33(25-36(47-49)48-20-22-51-23-21-48)45-37(29-14-8-6-9-15-29)30-16-10-7-11-17-30/h4,6-12,14-19,25,27H,1,5,13,20-24,26H2,2-3H3,(H,44,50). The molecule has 3 aromatic carbocycles. The van der Waals surface area contributed by atoms with Crippen molar-refractivity contribution >= 4 is 28.8 Å². The van der Waals surface area contributed by atoms with Crippen LogP contribution in [0, 0.1) is 12.8 Å². The van der Waals surface area contributed by atoms with Crippen LogP contribution in [-0.2, 0) is 28.7 Å². The number of hydrogen-bond acceptors (Lipinski definition) is 6. The normalized spacial score (nSPS) is 13.9. The van der Waals surface area contributed by atoms with Crippen LogP contribution in [0.25, 0.3) is 5.65 Å². The van der Waals surface area contributed by atoms with Gasteiger partial charge in [0.25, 0.3) is 0 Å². The number of rotatable bonds is 12. The molecule has 1 aliphatic heterocycles. The largest absolute Gasteiger partial charge is 0.416 e. The van der Waals surface area contributed by atoms with E-state index in [1.54, 1.807) is 16.7 Å². The molecule has 3 heterocycles. The third-order valence-electron chi connectivity index (χ3n) is 9.18. The maximum Gasteiger partial charge on any atom is 0.416 e. The van der Waals surface area contributed by atoms with E-state index in [4.69, 9.17) is 19.8 Å². The van der Waals surface area contributed by atoms with E-state index in [2.05, 4.69) is 16.8 Å². The predicted molar refractivity (Wildman–Crippen MR) is 194 cm³/mol. The molecule has 0 spiro atoms. The van der Waals surface area contributed by atoms with Gasteiger partial charge in [0.2, 0.25) is 5.91 Å². The lowest BCUT2D eigenvalue weighted by molar-refractivity contribution is -0.138. The van der Waals surface area contributed by atoms with Crippen molar-refractivity contribution < 1.29 is 22.7 Å². The summed E-state index contributed by atoms with van der Waals surface area (Å²) in [5.74, 6) is 0.225. The molecule has 0 aliphatic carbocycles. The molecule has 1 fully saturated rings. The van der Waals surface area contributed by atoms with Gasteiger partial charge >= 0.3 is 6.18 Å². The Hall–Kier alpha value is -5.29. The second-order valence-corrected chi connectivity index (χ2v) is 12.7. The lowest BCUT2D eigenvalue weighted by Gasteiger charge is -2.28. The third-order valence-corrected chi connectivity index (χ3v) is 9.18. The number of allylic oxidation sites excluding steroid dienone is 1. The van der Waals surface area contributed by atoms with Crippen molar-refractivity contribution in [2.75, 3.05) is 31.2 Å². The number of nitrogens with zero attached hydrogens (tertiary/aromatic N) is 5. The van der Waals surface area contributed by atoms with E-state index < -0.39 is 11.7 Å². The lowest BCUT2D eigenvalue weighted by Crippen LogP contribution is -2.37. The van der Waals surface area contributed by atoms with Crippen molar-refractivity contribution in [3.05, 3.63) is 137 Å². The summed E-state index contributed by atoms with van der Waals surface area (Å²) in [6.45, 7) is 9.42. The zero-order valence-electron chi connectivity index (χ0n) is 28.8. The van der Waals surface area contributed by atoms with Gasteiger partial charge in [-0.05, 0) is 37.0 Å². The molecule has 1 aliphatic rings. The molecule has 1 unspecified atom stereocenters. The van der Waals surface area contributed by atoms with E-state index in [9.17, 15) is 18.0 Å². The van der Waals surface area contributed by atoms with Crippen molar-refractivity contribution in [2.45, 2.75) is 45.8 Å². The minimum Gasteiger partial charge on any atom is -0.378 e. The highest BCUT2D eigenvalue weighted by Gasteiger charge is 2.33. The van der Waals surface area contributed by atoms with Crippen LogP contribution in [0.3, 0.4) is 0 Å². The molecule has 2 aromatic heterocycles. The Morgan fingerprint density at radius 1 is 1.02 bits per heavy atom. The van der Waals surface area contributed by atoms with Crippen LogP contribution in [0.5, 0.6) is 0 Å². The first-order valence-corrected chi connectivity index (χ1v) is 17.1. The van der Waals surface area contributed by atoms with Crippen molar-refractivity contribution in [3.63, 3.8) is 0 Å². The minimum absolute atomic E-state index is 0.0637. The van der Waals surface area contributed by atoms with E-state index in [-0.39, 0.29) is 30.4 Å². The van der Waals surface area contributed by atoms with Crippen LogP contribution >= 0.6 is 0 Å². The molecule has 1 amide bonds. The first-order valence-electron chi connectivity index (χ1n) is 17.1. The maximum absolute atomic E-state index is 14.0. The quantitative estimate of drug-likeness (QED) is 0.106. The molecule has 11 heteroatoms. The van der Waals surface area contributed by atoms with E-state index in [0.717, 1.165) is 22.9 Å². The number of ether oxygens (including phenoxy) is 1. The fourth-order valence-corrected chi connectivity index (χ4v) is 6.24. The third kappa shape index (κ3) is 8.20. The van der Waals surface area contributed by atoms with Gasteiger partial charge in [-0.3, -0.25) is 4.79 Å². The van der Waals surface area contributed by atoms with Crippen molar-refractivity contribution in [2.24, 2.45) is 10.9 Å². The minimum atomic E-state index is -4.51. The van der Waals surface area contributed by atoms with Crippen LogP contribution in [-0.4, -0.2) is 52.5 Å². The highest BCUT2D eigenvalue weighted by molar-refractivity contribution is 6.14. The number of halogens is 3. The number of morpholine rings is 1. The monoisotopic (exact) mass is 694 g/mol. The second kappa shape index (κ2) is 15.7. The summed E-state index contributed by atoms with van der Waals surface area (Å²) in [7, 11) is 0. The molecule has 1 saturated heterocycles. The Balaban J connectivity index is 1.56. The Bertz CT molecular complexity index is 1980. The van der Waals surface area contributed by atoms with E-state index in [1.165, 1.54) is 13.0 Å². The van der Waals surface area contributed by atoms with E-state index in [0.29, 0.717) is 73.2 Å². The number of hydrogen-bond donors (Lipinski definition) is 1. The van der Waals surface area contributed by atoms with Gasteiger partial charge in [-0.1, -0.05) is 85.8 Å². The first-order chi connectivity index (χ1) is 24.6. The number of alkyl halides is 3. The number of benzene rings is 3. The Kier molecular flexibility index (Phi) is 11.0. The number of nitrogens with one attached hydrogen (secondary N) is 1.